The molecular weight excluding hydrogens is 300 g/mol. The maximum atomic E-state index is 12.3. The zero-order chi connectivity index (χ0) is 16.8. The molecule has 23 heavy (non-hydrogen) atoms. The van der Waals surface area contributed by atoms with E-state index >= 15 is 0 Å². The van der Waals surface area contributed by atoms with Crippen LogP contribution in [0, 0.1) is 5.92 Å². The molecule has 0 spiro atoms. The first kappa shape index (κ1) is 16.8. The minimum absolute atomic E-state index is 0.101. The third-order valence-corrected chi connectivity index (χ3v) is 3.45. The first-order valence-corrected chi connectivity index (χ1v) is 7.32. The van der Waals surface area contributed by atoms with Crippen molar-refractivity contribution in [3.05, 3.63) is 42.1 Å². The number of nitrogens with one attached hydrogen (secondary N) is 2. The van der Waals surface area contributed by atoms with Crippen molar-refractivity contribution in [3.63, 3.8) is 0 Å². The van der Waals surface area contributed by atoms with Gasteiger partial charge in [-0.1, -0.05) is 18.7 Å². The summed E-state index contributed by atoms with van der Waals surface area (Å²) in [6.45, 7) is 6.59. The maximum Gasteiger partial charge on any atom is 0.319 e. The molecule has 1 aliphatic rings. The van der Waals surface area contributed by atoms with Crippen LogP contribution in [0.15, 0.2) is 36.5 Å². The van der Waals surface area contributed by atoms with Crippen LogP contribution in [-0.2, 0) is 14.3 Å². The van der Waals surface area contributed by atoms with E-state index in [1.165, 1.54) is 12.1 Å². The summed E-state index contributed by atoms with van der Waals surface area (Å²) in [5.74, 6) is -1.16. The molecule has 1 aliphatic heterocycles. The number of rotatable bonds is 6. The third kappa shape index (κ3) is 4.23. The third-order valence-electron chi connectivity index (χ3n) is 3.45. The number of urea groups is 1. The zero-order valence-corrected chi connectivity index (χ0v) is 12.9. The van der Waals surface area contributed by atoms with E-state index in [1.54, 1.807) is 12.1 Å². The number of phenolic OH excluding ortho intramolecular Hbond substituents is 1. The van der Waals surface area contributed by atoms with Gasteiger partial charge in [-0.05, 0) is 24.6 Å². The molecule has 124 valence electrons. The van der Waals surface area contributed by atoms with Crippen LogP contribution < -0.4 is 10.6 Å². The Balaban J connectivity index is 2.14. The Labute approximate surface area is 134 Å². The van der Waals surface area contributed by atoms with E-state index < -0.39 is 24.0 Å². The van der Waals surface area contributed by atoms with Crippen molar-refractivity contribution in [2.45, 2.75) is 13.0 Å². The van der Waals surface area contributed by atoms with Crippen molar-refractivity contribution in [3.8, 4) is 5.75 Å². The molecule has 1 aromatic carbocycles. The molecule has 3 N–H and O–H groups in total. The molecule has 1 fully saturated rings. The first-order valence-electron chi connectivity index (χ1n) is 7.32. The molecule has 0 aliphatic carbocycles. The van der Waals surface area contributed by atoms with Crippen molar-refractivity contribution < 1.29 is 24.2 Å². The summed E-state index contributed by atoms with van der Waals surface area (Å²) in [5, 5.41) is 14.6. The lowest BCUT2D eigenvalue weighted by atomic mass is 9.89. The van der Waals surface area contributed by atoms with Crippen LogP contribution in [0.25, 0.3) is 0 Å². The normalized spacial score (nSPS) is 20.6. The lowest BCUT2D eigenvalue weighted by molar-refractivity contribution is -0.150. The molecule has 1 saturated heterocycles. The fourth-order valence-corrected chi connectivity index (χ4v) is 2.36. The molecular formula is C16H20N2O5. The van der Waals surface area contributed by atoms with Crippen LogP contribution in [0.5, 0.6) is 5.75 Å². The molecule has 0 saturated carbocycles. The molecule has 0 radical (unpaired) electrons. The SMILES string of the molecule is C=C1NC(=O)N[C@@H](c2ccc(O)cc2)[C@@H]1C(=O)OCCOCC. The second-order valence-corrected chi connectivity index (χ2v) is 5.03. The van der Waals surface area contributed by atoms with Gasteiger partial charge in [0, 0.05) is 12.3 Å². The van der Waals surface area contributed by atoms with Gasteiger partial charge in [-0.15, -0.1) is 0 Å². The van der Waals surface area contributed by atoms with Gasteiger partial charge in [0.15, 0.2) is 0 Å². The molecule has 7 nitrogen and oxygen atoms in total. The van der Waals surface area contributed by atoms with Gasteiger partial charge in [0.2, 0.25) is 0 Å². The lowest BCUT2D eigenvalue weighted by Gasteiger charge is -2.33. The quantitative estimate of drug-likeness (QED) is 0.544. The summed E-state index contributed by atoms with van der Waals surface area (Å²) in [7, 11) is 0. The van der Waals surface area contributed by atoms with Gasteiger partial charge in [-0.25, -0.2) is 4.79 Å². The predicted molar refractivity (Wildman–Crippen MR) is 82.6 cm³/mol. The smallest absolute Gasteiger partial charge is 0.319 e. The van der Waals surface area contributed by atoms with E-state index in [1.807, 2.05) is 6.92 Å². The number of benzene rings is 1. The molecule has 2 rings (SSSR count). The predicted octanol–water partition coefficient (Wildman–Crippen LogP) is 1.46. The Morgan fingerprint density at radius 3 is 2.65 bits per heavy atom. The van der Waals surface area contributed by atoms with E-state index in [-0.39, 0.29) is 18.1 Å². The minimum Gasteiger partial charge on any atom is -0.508 e. The molecule has 7 heteroatoms. The number of carbonyl (C=O) groups is 2. The van der Waals surface area contributed by atoms with Crippen molar-refractivity contribution in [2.75, 3.05) is 19.8 Å². The highest BCUT2D eigenvalue weighted by molar-refractivity contribution is 5.85. The number of hydrogen-bond donors (Lipinski definition) is 3. The number of aromatic hydroxyl groups is 1. The standard InChI is InChI=1S/C16H20N2O5/c1-3-22-8-9-23-15(20)13-10(2)17-16(21)18-14(13)11-4-6-12(19)7-5-11/h4-7,13-14,19H,2-3,8-9H2,1H3,(H2,17,18,21)/t13-,14+/m1/s1. The van der Waals surface area contributed by atoms with Crippen molar-refractivity contribution >= 4 is 12.0 Å². The highest BCUT2D eigenvalue weighted by Crippen LogP contribution is 2.31. The highest BCUT2D eigenvalue weighted by atomic mass is 16.6. The average Bonchev–Trinajstić information content (AvgIpc) is 2.51. The van der Waals surface area contributed by atoms with Crippen LogP contribution >= 0.6 is 0 Å². The highest BCUT2D eigenvalue weighted by Gasteiger charge is 2.38. The molecule has 1 heterocycles. The summed E-state index contributed by atoms with van der Waals surface area (Å²) < 4.78 is 10.3. The molecule has 0 bridgehead atoms. The number of carbonyl (C=O) groups excluding carboxylic acids is 2. The average molecular weight is 320 g/mol. The van der Waals surface area contributed by atoms with Crippen LogP contribution in [-0.4, -0.2) is 36.9 Å². The number of ether oxygens (including phenoxy) is 2. The number of esters is 1. The Bertz CT molecular complexity index is 585. The monoisotopic (exact) mass is 320 g/mol. The summed E-state index contributed by atoms with van der Waals surface area (Å²) in [6, 6.07) is 5.20. The molecule has 2 amide bonds. The van der Waals surface area contributed by atoms with Crippen LogP contribution in [0.4, 0.5) is 4.79 Å². The van der Waals surface area contributed by atoms with Gasteiger partial charge in [-0.3, -0.25) is 4.79 Å². The summed E-state index contributed by atoms with van der Waals surface area (Å²) in [6.07, 6.45) is 0. The van der Waals surface area contributed by atoms with Gasteiger partial charge in [0.25, 0.3) is 0 Å². The van der Waals surface area contributed by atoms with E-state index in [4.69, 9.17) is 9.47 Å². The van der Waals surface area contributed by atoms with Crippen molar-refractivity contribution in [2.24, 2.45) is 5.92 Å². The Hall–Kier alpha value is -2.54. The molecule has 0 aromatic heterocycles. The van der Waals surface area contributed by atoms with Gasteiger partial charge in [0.1, 0.15) is 18.3 Å². The Morgan fingerprint density at radius 1 is 1.30 bits per heavy atom. The van der Waals surface area contributed by atoms with Gasteiger partial charge in [-0.2, -0.15) is 0 Å². The summed E-state index contributed by atoms with van der Waals surface area (Å²) in [5.41, 5.74) is 0.943. The molecule has 1 aromatic rings. The van der Waals surface area contributed by atoms with E-state index in [2.05, 4.69) is 17.2 Å². The Morgan fingerprint density at radius 2 is 2.00 bits per heavy atom. The Kier molecular flexibility index (Phi) is 5.59. The topological polar surface area (TPSA) is 96.9 Å². The fraction of sp³-hybridized carbons (Fsp3) is 0.375. The van der Waals surface area contributed by atoms with Crippen LogP contribution in [0.2, 0.25) is 0 Å². The van der Waals surface area contributed by atoms with Crippen molar-refractivity contribution in [1.82, 2.24) is 10.6 Å². The molecule has 0 unspecified atom stereocenters. The van der Waals surface area contributed by atoms with E-state index in [0.29, 0.717) is 18.8 Å². The minimum atomic E-state index is -0.765. The lowest BCUT2D eigenvalue weighted by Crippen LogP contribution is -2.51. The van der Waals surface area contributed by atoms with Gasteiger partial charge < -0.3 is 25.2 Å². The fourth-order valence-electron chi connectivity index (χ4n) is 2.36. The first-order chi connectivity index (χ1) is 11.0. The second-order valence-electron chi connectivity index (χ2n) is 5.03. The van der Waals surface area contributed by atoms with Gasteiger partial charge in [0.05, 0.1) is 12.6 Å². The molecule has 2 atom stereocenters. The second kappa shape index (κ2) is 7.64. The van der Waals surface area contributed by atoms with Crippen molar-refractivity contribution in [1.29, 1.82) is 0 Å². The van der Waals surface area contributed by atoms with Crippen LogP contribution in [0.3, 0.4) is 0 Å². The largest absolute Gasteiger partial charge is 0.508 e. The maximum absolute atomic E-state index is 12.3. The summed E-state index contributed by atoms with van der Waals surface area (Å²) in [4.78, 5) is 24.0. The summed E-state index contributed by atoms with van der Waals surface area (Å²) >= 11 is 0. The van der Waals surface area contributed by atoms with E-state index in [0.717, 1.165) is 0 Å². The van der Waals surface area contributed by atoms with Crippen LogP contribution in [0.1, 0.15) is 18.5 Å². The van der Waals surface area contributed by atoms with Gasteiger partial charge >= 0.3 is 12.0 Å². The number of hydrogen-bond acceptors (Lipinski definition) is 5. The zero-order valence-electron chi connectivity index (χ0n) is 12.9. The number of phenols is 1. The number of amides is 2. The van der Waals surface area contributed by atoms with E-state index in [9.17, 15) is 14.7 Å².